The molecule has 0 spiro atoms. The molecule has 210 valence electrons. The summed E-state index contributed by atoms with van der Waals surface area (Å²) in [6, 6.07) is 9.05. The molecule has 0 saturated carbocycles. The molecule has 2 aromatic carbocycles. The molecule has 0 N–H and O–H groups in total. The number of carbonyl (C=O) groups is 4. The summed E-state index contributed by atoms with van der Waals surface area (Å²) in [4.78, 5) is 48.2. The molecule has 9 nitrogen and oxygen atoms in total. The third-order valence-electron chi connectivity index (χ3n) is 4.87. The quantitative estimate of drug-likeness (QED) is 0.185. The lowest BCUT2D eigenvalue weighted by molar-refractivity contribution is -0.137. The van der Waals surface area contributed by atoms with Crippen LogP contribution in [0.1, 0.15) is 40.2 Å². The molecule has 0 radical (unpaired) electrons. The van der Waals surface area contributed by atoms with E-state index in [0.29, 0.717) is 5.56 Å². The van der Waals surface area contributed by atoms with Crippen molar-refractivity contribution in [2.75, 3.05) is 6.61 Å². The molecule has 2 rings (SSSR count). The Kier molecular flexibility index (Phi) is 11.2. The molecule has 0 unspecified atom stereocenters. The van der Waals surface area contributed by atoms with Crippen LogP contribution < -0.4 is 23.7 Å². The van der Waals surface area contributed by atoms with Gasteiger partial charge < -0.3 is 23.7 Å². The Hall–Kier alpha value is -4.92. The molecule has 0 bridgehead atoms. The summed E-state index contributed by atoms with van der Waals surface area (Å²) < 4.78 is 27.0. The predicted molar refractivity (Wildman–Crippen MR) is 149 cm³/mol. The number of hydrogen-bond acceptors (Lipinski definition) is 9. The van der Waals surface area contributed by atoms with Gasteiger partial charge in [-0.1, -0.05) is 45.7 Å². The van der Waals surface area contributed by atoms with Gasteiger partial charge in [0.2, 0.25) is 0 Å². The minimum absolute atomic E-state index is 0.0196. The summed E-state index contributed by atoms with van der Waals surface area (Å²) in [5.74, 6) is -2.29. The Morgan fingerprint density at radius 3 is 1.73 bits per heavy atom. The van der Waals surface area contributed by atoms with Crippen LogP contribution in [0.4, 0.5) is 0 Å². The Bertz CT molecular complexity index is 1380. The molecule has 0 aliphatic carbocycles. The van der Waals surface area contributed by atoms with Gasteiger partial charge in [-0.2, -0.15) is 0 Å². The van der Waals surface area contributed by atoms with E-state index >= 15 is 0 Å². The Labute approximate surface area is 233 Å². The molecule has 0 aromatic heterocycles. The first-order valence-corrected chi connectivity index (χ1v) is 12.2. The zero-order valence-corrected chi connectivity index (χ0v) is 23.2. The molecular formula is C31H32O9. The number of benzene rings is 2. The van der Waals surface area contributed by atoms with Gasteiger partial charge in [-0.05, 0) is 56.7 Å². The van der Waals surface area contributed by atoms with Crippen LogP contribution in [0.3, 0.4) is 0 Å². The topological polar surface area (TPSA) is 114 Å². The summed E-state index contributed by atoms with van der Waals surface area (Å²) in [7, 11) is 0. The second kappa shape index (κ2) is 14.3. The minimum atomic E-state index is -0.684. The summed E-state index contributed by atoms with van der Waals surface area (Å²) in [6.07, 6.45) is 3.34. The van der Waals surface area contributed by atoms with Crippen molar-refractivity contribution in [1.82, 2.24) is 0 Å². The lowest BCUT2D eigenvalue weighted by atomic mass is 10.2. The normalized spacial score (nSPS) is 10.6. The van der Waals surface area contributed by atoms with Crippen molar-refractivity contribution in [2.24, 2.45) is 5.92 Å². The third-order valence-corrected chi connectivity index (χ3v) is 4.87. The van der Waals surface area contributed by atoms with Gasteiger partial charge in [-0.25, -0.2) is 14.4 Å². The fourth-order valence-corrected chi connectivity index (χ4v) is 2.66. The van der Waals surface area contributed by atoms with Crippen molar-refractivity contribution < 1.29 is 42.9 Å². The molecular weight excluding hydrogens is 516 g/mol. The monoisotopic (exact) mass is 548 g/mol. The van der Waals surface area contributed by atoms with Crippen LogP contribution in [0.15, 0.2) is 78.9 Å². The van der Waals surface area contributed by atoms with Crippen molar-refractivity contribution in [3.05, 3.63) is 84.5 Å². The third kappa shape index (κ3) is 9.43. The van der Waals surface area contributed by atoms with Gasteiger partial charge in [0.25, 0.3) is 0 Å². The van der Waals surface area contributed by atoms with Crippen LogP contribution >= 0.6 is 0 Å². The van der Waals surface area contributed by atoms with Crippen LogP contribution in [-0.4, -0.2) is 30.5 Å². The Morgan fingerprint density at radius 2 is 1.20 bits per heavy atom. The molecule has 0 saturated heterocycles. The molecule has 0 heterocycles. The van der Waals surface area contributed by atoms with Crippen molar-refractivity contribution in [3.63, 3.8) is 0 Å². The number of hydrogen-bond donors (Lipinski definition) is 0. The van der Waals surface area contributed by atoms with E-state index in [0.717, 1.165) is 0 Å². The van der Waals surface area contributed by atoms with E-state index in [2.05, 4.69) is 19.7 Å². The number of rotatable bonds is 12. The molecule has 0 amide bonds. The average Bonchev–Trinajstić information content (AvgIpc) is 2.88. The minimum Gasteiger partial charge on any atom is -0.486 e. The standard InChI is InChI=1S/C31H32O9/c1-18(2)28(32)37-23-12-14-24(27(17-23)40-31(35)21(7)8)36-15-9-10-22-11-13-25(38-29(33)19(3)4)26(16-22)39-30(34)20(5)6/h9-14,16-18H,3,5,7,15H2,1-2,4,6,8H3. The van der Waals surface area contributed by atoms with Crippen molar-refractivity contribution in [3.8, 4) is 28.7 Å². The molecule has 9 heteroatoms. The summed E-state index contributed by atoms with van der Waals surface area (Å²) >= 11 is 0. The van der Waals surface area contributed by atoms with Crippen LogP contribution in [0.2, 0.25) is 0 Å². The van der Waals surface area contributed by atoms with Crippen molar-refractivity contribution in [2.45, 2.75) is 34.6 Å². The molecule has 0 atom stereocenters. The highest BCUT2D eigenvalue weighted by molar-refractivity contribution is 5.91. The van der Waals surface area contributed by atoms with Crippen LogP contribution in [0, 0.1) is 5.92 Å². The molecule has 0 aliphatic rings. The first kappa shape index (κ1) is 31.3. The Morgan fingerprint density at radius 1 is 0.700 bits per heavy atom. The van der Waals surface area contributed by atoms with Gasteiger partial charge >= 0.3 is 23.9 Å². The fraction of sp³-hybridized carbons (Fsp3) is 0.226. The van der Waals surface area contributed by atoms with E-state index in [1.165, 1.54) is 51.1 Å². The maximum atomic E-state index is 12.1. The van der Waals surface area contributed by atoms with E-state index in [1.807, 2.05) is 0 Å². The maximum absolute atomic E-state index is 12.1. The zero-order chi connectivity index (χ0) is 30.0. The van der Waals surface area contributed by atoms with E-state index < -0.39 is 23.9 Å². The number of esters is 4. The predicted octanol–water partition coefficient (Wildman–Crippen LogP) is 5.78. The van der Waals surface area contributed by atoms with Gasteiger partial charge in [0.1, 0.15) is 12.4 Å². The van der Waals surface area contributed by atoms with Crippen LogP contribution in [-0.2, 0) is 19.2 Å². The number of carbonyl (C=O) groups excluding carboxylic acids is 4. The highest BCUT2D eigenvalue weighted by Crippen LogP contribution is 2.33. The SMILES string of the molecule is C=C(C)C(=O)Oc1cc(OC(=O)C(C)C)ccc1OCC=Cc1ccc(OC(=O)C(=C)C)c(OC(=O)C(=C)C)c1. The van der Waals surface area contributed by atoms with E-state index in [-0.39, 0.29) is 58.0 Å². The van der Waals surface area contributed by atoms with E-state index in [9.17, 15) is 19.2 Å². The second-order valence-electron chi connectivity index (χ2n) is 9.11. The van der Waals surface area contributed by atoms with Gasteiger partial charge in [0.05, 0.1) is 5.92 Å². The zero-order valence-electron chi connectivity index (χ0n) is 23.2. The van der Waals surface area contributed by atoms with Gasteiger partial charge in [-0.3, -0.25) is 4.79 Å². The average molecular weight is 549 g/mol. The first-order valence-electron chi connectivity index (χ1n) is 12.2. The number of ether oxygens (including phenoxy) is 5. The van der Waals surface area contributed by atoms with E-state index in [1.54, 1.807) is 32.1 Å². The fourth-order valence-electron chi connectivity index (χ4n) is 2.66. The molecule has 2 aromatic rings. The highest BCUT2D eigenvalue weighted by atomic mass is 16.6. The Balaban J connectivity index is 2.24. The van der Waals surface area contributed by atoms with E-state index in [4.69, 9.17) is 23.7 Å². The van der Waals surface area contributed by atoms with Crippen molar-refractivity contribution in [1.29, 1.82) is 0 Å². The summed E-state index contributed by atoms with van der Waals surface area (Å²) in [6.45, 7) is 18.6. The molecule has 0 fully saturated rings. The first-order chi connectivity index (χ1) is 18.8. The second-order valence-corrected chi connectivity index (χ2v) is 9.11. The highest BCUT2D eigenvalue weighted by Gasteiger charge is 2.17. The van der Waals surface area contributed by atoms with Gasteiger partial charge in [-0.15, -0.1) is 0 Å². The van der Waals surface area contributed by atoms with Gasteiger partial charge in [0, 0.05) is 22.8 Å². The van der Waals surface area contributed by atoms with Crippen LogP contribution in [0.5, 0.6) is 28.7 Å². The smallest absolute Gasteiger partial charge is 0.338 e. The molecule has 0 aliphatic heterocycles. The van der Waals surface area contributed by atoms with Crippen LogP contribution in [0.25, 0.3) is 6.08 Å². The molecule has 40 heavy (non-hydrogen) atoms. The maximum Gasteiger partial charge on any atom is 0.338 e. The lowest BCUT2D eigenvalue weighted by Crippen LogP contribution is -2.15. The largest absolute Gasteiger partial charge is 0.486 e. The van der Waals surface area contributed by atoms with Crippen molar-refractivity contribution >= 4 is 30.0 Å². The summed E-state index contributed by atoms with van der Waals surface area (Å²) in [5, 5.41) is 0. The lowest BCUT2D eigenvalue weighted by Gasteiger charge is -2.13. The summed E-state index contributed by atoms with van der Waals surface area (Å²) in [5.41, 5.74) is 1.13. The van der Waals surface area contributed by atoms with Gasteiger partial charge in [0.15, 0.2) is 23.0 Å².